The van der Waals surface area contributed by atoms with Gasteiger partial charge in [-0.15, -0.1) is 5.10 Å². The third-order valence-electron chi connectivity index (χ3n) is 4.06. The second kappa shape index (κ2) is 6.24. The van der Waals surface area contributed by atoms with Crippen molar-refractivity contribution in [2.24, 2.45) is 0 Å². The number of hydrogen-bond donors (Lipinski definition) is 0. The highest BCUT2D eigenvalue weighted by molar-refractivity contribution is 5.88. The van der Waals surface area contributed by atoms with Crippen LogP contribution in [0.5, 0.6) is 5.88 Å². The standard InChI is InChI=1S/C19H21N3O/c1-13(2)11-22-15(4)14(3)17-10-20-21-19(18(17)22)23-12-16-8-6-5-7-9-16/h5-10H,1,11-12H2,2-4H3. The second-order valence-electron chi connectivity index (χ2n) is 5.94. The number of fused-ring (bicyclic) bond motifs is 1. The van der Waals surface area contributed by atoms with Crippen LogP contribution in [0.2, 0.25) is 0 Å². The molecule has 0 unspecified atom stereocenters. The third-order valence-corrected chi connectivity index (χ3v) is 4.06. The van der Waals surface area contributed by atoms with Crippen LogP contribution in [0.25, 0.3) is 10.9 Å². The molecule has 4 nitrogen and oxygen atoms in total. The molecule has 4 heteroatoms. The van der Waals surface area contributed by atoms with Crippen LogP contribution in [0.1, 0.15) is 23.7 Å². The van der Waals surface area contributed by atoms with Gasteiger partial charge in [-0.3, -0.25) is 0 Å². The predicted octanol–water partition coefficient (Wildman–Crippen LogP) is 4.20. The Kier molecular flexibility index (Phi) is 4.15. The van der Waals surface area contributed by atoms with E-state index in [4.69, 9.17) is 4.74 Å². The maximum absolute atomic E-state index is 5.97. The fourth-order valence-corrected chi connectivity index (χ4v) is 2.75. The van der Waals surface area contributed by atoms with E-state index in [0.717, 1.165) is 28.6 Å². The lowest BCUT2D eigenvalue weighted by atomic mass is 10.2. The first-order valence-corrected chi connectivity index (χ1v) is 7.70. The van der Waals surface area contributed by atoms with E-state index in [1.807, 2.05) is 43.5 Å². The fraction of sp³-hybridized carbons (Fsp3) is 0.263. The molecule has 0 spiro atoms. The van der Waals surface area contributed by atoms with Gasteiger partial charge in [-0.1, -0.05) is 42.5 Å². The van der Waals surface area contributed by atoms with Gasteiger partial charge in [0.15, 0.2) is 0 Å². The summed E-state index contributed by atoms with van der Waals surface area (Å²) in [4.78, 5) is 0. The van der Waals surface area contributed by atoms with Gasteiger partial charge in [-0.2, -0.15) is 5.10 Å². The first-order valence-electron chi connectivity index (χ1n) is 7.70. The minimum Gasteiger partial charge on any atom is -0.470 e. The van der Waals surface area contributed by atoms with Crippen molar-refractivity contribution in [2.45, 2.75) is 33.9 Å². The van der Waals surface area contributed by atoms with E-state index in [0.29, 0.717) is 12.5 Å². The number of hydrogen-bond acceptors (Lipinski definition) is 3. The molecule has 2 heterocycles. The van der Waals surface area contributed by atoms with Crippen LogP contribution >= 0.6 is 0 Å². The number of aromatic nitrogens is 3. The van der Waals surface area contributed by atoms with E-state index in [2.05, 4.69) is 35.2 Å². The Morgan fingerprint density at radius 3 is 2.65 bits per heavy atom. The Bertz CT molecular complexity index is 850. The van der Waals surface area contributed by atoms with Gasteiger partial charge in [0.25, 0.3) is 5.88 Å². The lowest BCUT2D eigenvalue weighted by Gasteiger charge is -2.11. The van der Waals surface area contributed by atoms with Crippen LogP contribution in [-0.2, 0) is 13.2 Å². The average molecular weight is 307 g/mol. The summed E-state index contributed by atoms with van der Waals surface area (Å²) in [7, 11) is 0. The van der Waals surface area contributed by atoms with Crippen molar-refractivity contribution in [3.05, 3.63) is 65.5 Å². The van der Waals surface area contributed by atoms with E-state index < -0.39 is 0 Å². The molecule has 0 N–H and O–H groups in total. The summed E-state index contributed by atoms with van der Waals surface area (Å²) in [5.41, 5.74) is 5.60. The van der Waals surface area contributed by atoms with Crippen LogP contribution in [0, 0.1) is 13.8 Å². The summed E-state index contributed by atoms with van der Waals surface area (Å²) in [6.07, 6.45) is 1.81. The van der Waals surface area contributed by atoms with Crippen molar-refractivity contribution in [3.63, 3.8) is 0 Å². The summed E-state index contributed by atoms with van der Waals surface area (Å²) in [5, 5.41) is 9.42. The third kappa shape index (κ3) is 2.97. The Hall–Kier alpha value is -2.62. The van der Waals surface area contributed by atoms with Crippen molar-refractivity contribution in [2.75, 3.05) is 0 Å². The van der Waals surface area contributed by atoms with Gasteiger partial charge in [0.05, 0.1) is 6.20 Å². The largest absolute Gasteiger partial charge is 0.470 e. The van der Waals surface area contributed by atoms with Crippen LogP contribution in [0.3, 0.4) is 0 Å². The van der Waals surface area contributed by atoms with E-state index in [9.17, 15) is 0 Å². The molecule has 0 fully saturated rings. The molecule has 0 aliphatic rings. The smallest absolute Gasteiger partial charge is 0.258 e. The number of aryl methyl sites for hydroxylation is 1. The zero-order valence-corrected chi connectivity index (χ0v) is 13.8. The molecule has 0 bridgehead atoms. The van der Waals surface area contributed by atoms with Crippen LogP contribution in [0.4, 0.5) is 0 Å². The van der Waals surface area contributed by atoms with Gasteiger partial charge < -0.3 is 9.30 Å². The van der Waals surface area contributed by atoms with Gasteiger partial charge in [0.1, 0.15) is 12.1 Å². The molecule has 0 saturated heterocycles. The minimum atomic E-state index is 0.477. The summed E-state index contributed by atoms with van der Waals surface area (Å²) in [6, 6.07) is 10.1. The number of nitrogens with zero attached hydrogens (tertiary/aromatic N) is 3. The molecule has 2 aromatic heterocycles. The van der Waals surface area contributed by atoms with E-state index >= 15 is 0 Å². The lowest BCUT2D eigenvalue weighted by molar-refractivity contribution is 0.293. The molecule has 118 valence electrons. The number of ether oxygens (including phenoxy) is 1. The summed E-state index contributed by atoms with van der Waals surface area (Å²) in [5.74, 6) is 0.573. The van der Waals surface area contributed by atoms with Crippen LogP contribution in [-0.4, -0.2) is 14.8 Å². The van der Waals surface area contributed by atoms with Gasteiger partial charge >= 0.3 is 0 Å². The molecule has 0 amide bonds. The van der Waals surface area contributed by atoms with Crippen molar-refractivity contribution in [1.29, 1.82) is 0 Å². The molecular formula is C19H21N3O. The van der Waals surface area contributed by atoms with Crippen molar-refractivity contribution in [3.8, 4) is 5.88 Å². The molecule has 3 rings (SSSR count). The highest BCUT2D eigenvalue weighted by atomic mass is 16.5. The van der Waals surface area contributed by atoms with Crippen LogP contribution < -0.4 is 4.74 Å². The Morgan fingerprint density at radius 2 is 1.96 bits per heavy atom. The number of benzene rings is 1. The number of rotatable bonds is 5. The maximum Gasteiger partial charge on any atom is 0.258 e. The molecular weight excluding hydrogens is 286 g/mol. The topological polar surface area (TPSA) is 39.9 Å². The van der Waals surface area contributed by atoms with Gasteiger partial charge in [-0.25, -0.2) is 0 Å². The lowest BCUT2D eigenvalue weighted by Crippen LogP contribution is -2.05. The molecule has 0 radical (unpaired) electrons. The van der Waals surface area contributed by atoms with Crippen LogP contribution in [0.15, 0.2) is 48.7 Å². The normalized spacial score (nSPS) is 10.9. The Labute approximate surface area is 136 Å². The monoisotopic (exact) mass is 307 g/mol. The molecule has 23 heavy (non-hydrogen) atoms. The fourth-order valence-electron chi connectivity index (χ4n) is 2.75. The molecule has 0 saturated carbocycles. The summed E-state index contributed by atoms with van der Waals surface area (Å²) < 4.78 is 8.18. The Balaban J connectivity index is 2.03. The second-order valence-corrected chi connectivity index (χ2v) is 5.94. The summed E-state index contributed by atoms with van der Waals surface area (Å²) in [6.45, 7) is 11.5. The molecule has 0 aliphatic heterocycles. The summed E-state index contributed by atoms with van der Waals surface area (Å²) >= 11 is 0. The maximum atomic E-state index is 5.97. The highest BCUT2D eigenvalue weighted by Crippen LogP contribution is 2.31. The SMILES string of the molecule is C=C(C)Cn1c(C)c(C)c2cnnc(OCc3ccccc3)c21. The number of allylic oxidation sites excluding steroid dienone is 1. The van der Waals surface area contributed by atoms with E-state index in [1.54, 1.807) is 0 Å². The highest BCUT2D eigenvalue weighted by Gasteiger charge is 2.17. The van der Waals surface area contributed by atoms with Gasteiger partial charge in [0, 0.05) is 17.6 Å². The van der Waals surface area contributed by atoms with E-state index in [-0.39, 0.29) is 0 Å². The zero-order chi connectivity index (χ0) is 16.4. The van der Waals surface area contributed by atoms with Gasteiger partial charge in [-0.05, 0) is 31.9 Å². The molecule has 0 atom stereocenters. The minimum absolute atomic E-state index is 0.477. The van der Waals surface area contributed by atoms with Crippen molar-refractivity contribution < 1.29 is 4.74 Å². The zero-order valence-electron chi connectivity index (χ0n) is 13.8. The van der Waals surface area contributed by atoms with Crippen molar-refractivity contribution in [1.82, 2.24) is 14.8 Å². The van der Waals surface area contributed by atoms with Crippen molar-refractivity contribution >= 4 is 10.9 Å². The first-order chi connectivity index (χ1) is 11.1. The van der Waals surface area contributed by atoms with E-state index in [1.165, 1.54) is 11.3 Å². The first kappa shape index (κ1) is 15.3. The molecule has 3 aromatic rings. The quantitative estimate of drug-likeness (QED) is 0.663. The average Bonchev–Trinajstić information content (AvgIpc) is 2.79. The van der Waals surface area contributed by atoms with Gasteiger partial charge in [0.2, 0.25) is 0 Å². The predicted molar refractivity (Wildman–Crippen MR) is 92.6 cm³/mol. The Morgan fingerprint density at radius 1 is 1.22 bits per heavy atom. The molecule has 1 aromatic carbocycles. The molecule has 0 aliphatic carbocycles.